The van der Waals surface area contributed by atoms with E-state index < -0.39 is 6.04 Å². The van der Waals surface area contributed by atoms with Crippen molar-refractivity contribution in [2.75, 3.05) is 5.32 Å². The van der Waals surface area contributed by atoms with Gasteiger partial charge in [0, 0.05) is 12.4 Å². The van der Waals surface area contributed by atoms with Gasteiger partial charge in [-0.1, -0.05) is 30.7 Å². The van der Waals surface area contributed by atoms with Crippen LogP contribution in [-0.4, -0.2) is 25.5 Å². The number of hydrogen-bond donors (Lipinski definition) is 1. The second-order valence-corrected chi connectivity index (χ2v) is 6.99. The largest absolute Gasteiger partial charge is 0.306 e. The molecule has 0 fully saturated rings. The second-order valence-electron chi connectivity index (χ2n) is 5.70. The normalized spacial score (nSPS) is 12.2. The van der Waals surface area contributed by atoms with E-state index in [0.717, 1.165) is 5.56 Å². The molecule has 26 heavy (non-hydrogen) atoms. The fraction of sp³-hybridized carbons (Fsp3) is 0.235. The molecule has 0 bridgehead atoms. The van der Waals surface area contributed by atoms with Crippen molar-refractivity contribution in [3.8, 4) is 0 Å². The van der Waals surface area contributed by atoms with Crippen LogP contribution in [-0.2, 0) is 11.3 Å². The highest BCUT2D eigenvalue weighted by atomic mass is 79.9. The molecule has 0 spiro atoms. The van der Waals surface area contributed by atoms with E-state index >= 15 is 0 Å². The summed E-state index contributed by atoms with van der Waals surface area (Å²) in [5.74, 6) is -0.110. The van der Waals surface area contributed by atoms with Crippen LogP contribution in [0.25, 0.3) is 0 Å². The van der Waals surface area contributed by atoms with Crippen molar-refractivity contribution >= 4 is 39.3 Å². The van der Waals surface area contributed by atoms with Crippen LogP contribution in [0.15, 0.2) is 47.3 Å². The summed E-state index contributed by atoms with van der Waals surface area (Å²) in [5, 5.41) is 11.7. The molecule has 0 aliphatic rings. The molecule has 6 nitrogen and oxygen atoms in total. The van der Waals surface area contributed by atoms with E-state index in [1.165, 1.54) is 23.0 Å². The number of nitrogens with zero attached hydrogens (tertiary/aromatic N) is 4. The molecule has 2 aromatic heterocycles. The molecule has 0 aliphatic carbocycles. The molecule has 2 heterocycles. The van der Waals surface area contributed by atoms with Crippen molar-refractivity contribution in [3.63, 3.8) is 0 Å². The maximum atomic E-state index is 13.0. The van der Waals surface area contributed by atoms with Crippen LogP contribution >= 0.6 is 27.5 Å². The number of rotatable bonds is 6. The third-order valence-electron chi connectivity index (χ3n) is 3.80. The van der Waals surface area contributed by atoms with E-state index in [9.17, 15) is 9.18 Å². The van der Waals surface area contributed by atoms with Crippen LogP contribution in [0, 0.1) is 5.82 Å². The van der Waals surface area contributed by atoms with Crippen molar-refractivity contribution in [2.24, 2.45) is 0 Å². The summed E-state index contributed by atoms with van der Waals surface area (Å²) >= 11 is 9.28. The summed E-state index contributed by atoms with van der Waals surface area (Å²) in [5.41, 5.74) is 0.900. The van der Waals surface area contributed by atoms with Crippen LogP contribution in [0.5, 0.6) is 0 Å². The Morgan fingerprint density at radius 2 is 2.08 bits per heavy atom. The van der Waals surface area contributed by atoms with Gasteiger partial charge in [-0.3, -0.25) is 14.2 Å². The fourth-order valence-electron chi connectivity index (χ4n) is 2.52. The van der Waals surface area contributed by atoms with Gasteiger partial charge in [-0.15, -0.1) is 0 Å². The molecule has 3 rings (SSSR count). The Balaban J connectivity index is 1.72. The highest BCUT2D eigenvalue weighted by Crippen LogP contribution is 2.23. The number of amides is 1. The summed E-state index contributed by atoms with van der Waals surface area (Å²) < 4.78 is 16.8. The maximum Gasteiger partial charge on any atom is 0.250 e. The van der Waals surface area contributed by atoms with E-state index in [1.807, 2.05) is 6.92 Å². The summed E-state index contributed by atoms with van der Waals surface area (Å²) in [6, 6.07) is 5.70. The molecular weight excluding hydrogens is 425 g/mol. The molecule has 9 heteroatoms. The standard InChI is InChI=1S/C17H16BrClFN5O/c1-2-15(25-9-12(19)7-21-25)17(26)22-16-14(18)10-24(23-16)8-11-3-5-13(20)6-4-11/h3-7,9-10,15H,2,8H2,1H3,(H,22,23,26). The molecule has 1 N–H and O–H groups in total. The minimum Gasteiger partial charge on any atom is -0.306 e. The number of anilines is 1. The van der Waals surface area contributed by atoms with Crippen molar-refractivity contribution in [3.05, 3.63) is 63.7 Å². The average molecular weight is 441 g/mol. The first-order valence-electron chi connectivity index (χ1n) is 7.94. The lowest BCUT2D eigenvalue weighted by Gasteiger charge is -2.14. The Hall–Kier alpha value is -2.19. The number of halogens is 3. The van der Waals surface area contributed by atoms with Gasteiger partial charge in [-0.25, -0.2) is 4.39 Å². The highest BCUT2D eigenvalue weighted by molar-refractivity contribution is 9.10. The molecular formula is C17H16BrClFN5O. The Labute approximate surface area is 163 Å². The maximum absolute atomic E-state index is 13.0. The topological polar surface area (TPSA) is 64.7 Å². The molecule has 136 valence electrons. The molecule has 1 unspecified atom stereocenters. The minimum absolute atomic E-state index is 0.236. The van der Waals surface area contributed by atoms with Crippen molar-refractivity contribution in [1.82, 2.24) is 19.6 Å². The summed E-state index contributed by atoms with van der Waals surface area (Å²) in [7, 11) is 0. The van der Waals surface area contributed by atoms with Gasteiger partial charge in [-0.2, -0.15) is 10.2 Å². The molecule has 0 radical (unpaired) electrons. The number of carbonyl (C=O) groups excluding carboxylic acids is 1. The third kappa shape index (κ3) is 4.31. The predicted molar refractivity (Wildman–Crippen MR) is 101 cm³/mol. The van der Waals surface area contributed by atoms with Gasteiger partial charge in [0.15, 0.2) is 5.82 Å². The number of nitrogens with one attached hydrogen (secondary N) is 1. The Morgan fingerprint density at radius 3 is 2.69 bits per heavy atom. The number of aromatic nitrogens is 4. The molecule has 1 atom stereocenters. The van der Waals surface area contributed by atoms with E-state index in [-0.39, 0.29) is 11.7 Å². The zero-order chi connectivity index (χ0) is 18.7. The van der Waals surface area contributed by atoms with E-state index in [4.69, 9.17) is 11.6 Å². The molecule has 0 aliphatic heterocycles. The molecule has 0 saturated heterocycles. The Kier molecular flexibility index (Phi) is 5.73. The smallest absolute Gasteiger partial charge is 0.250 e. The first-order valence-corrected chi connectivity index (χ1v) is 9.11. The predicted octanol–water partition coefficient (Wildman–Crippen LogP) is 4.27. The third-order valence-corrected chi connectivity index (χ3v) is 4.57. The van der Waals surface area contributed by atoms with E-state index in [2.05, 4.69) is 31.4 Å². The summed E-state index contributed by atoms with van der Waals surface area (Å²) in [6.07, 6.45) is 5.41. The van der Waals surface area contributed by atoms with Crippen LogP contribution in [0.2, 0.25) is 5.02 Å². The average Bonchev–Trinajstić information content (AvgIpc) is 3.17. The van der Waals surface area contributed by atoms with Crippen LogP contribution in [0.1, 0.15) is 24.9 Å². The summed E-state index contributed by atoms with van der Waals surface area (Å²) in [6.45, 7) is 2.35. The first kappa shape index (κ1) is 18.6. The lowest BCUT2D eigenvalue weighted by atomic mass is 10.2. The van der Waals surface area contributed by atoms with Gasteiger partial charge in [0.2, 0.25) is 5.91 Å². The molecule has 1 aromatic carbocycles. The van der Waals surface area contributed by atoms with Gasteiger partial charge >= 0.3 is 0 Å². The van der Waals surface area contributed by atoms with Gasteiger partial charge in [0.1, 0.15) is 11.9 Å². The first-order chi connectivity index (χ1) is 12.5. The zero-order valence-electron chi connectivity index (χ0n) is 13.9. The lowest BCUT2D eigenvalue weighted by molar-refractivity contribution is -0.119. The number of carbonyl (C=O) groups is 1. The van der Waals surface area contributed by atoms with Crippen LogP contribution < -0.4 is 5.32 Å². The van der Waals surface area contributed by atoms with E-state index in [1.54, 1.807) is 29.2 Å². The molecule has 1 amide bonds. The van der Waals surface area contributed by atoms with Gasteiger partial charge in [0.25, 0.3) is 0 Å². The zero-order valence-corrected chi connectivity index (χ0v) is 16.2. The lowest BCUT2D eigenvalue weighted by Crippen LogP contribution is -2.26. The number of hydrogen-bond acceptors (Lipinski definition) is 3. The quantitative estimate of drug-likeness (QED) is 0.622. The van der Waals surface area contributed by atoms with Gasteiger partial charge in [-0.05, 0) is 40.0 Å². The van der Waals surface area contributed by atoms with Gasteiger partial charge < -0.3 is 5.32 Å². The van der Waals surface area contributed by atoms with Crippen molar-refractivity contribution < 1.29 is 9.18 Å². The van der Waals surface area contributed by atoms with Crippen LogP contribution in [0.3, 0.4) is 0 Å². The molecule has 0 saturated carbocycles. The second kappa shape index (κ2) is 8.01. The van der Waals surface area contributed by atoms with Crippen molar-refractivity contribution in [1.29, 1.82) is 0 Å². The van der Waals surface area contributed by atoms with Crippen LogP contribution in [0.4, 0.5) is 10.2 Å². The highest BCUT2D eigenvalue weighted by Gasteiger charge is 2.21. The Bertz CT molecular complexity index is 908. The SMILES string of the molecule is CCC(C(=O)Nc1nn(Cc2ccc(F)cc2)cc1Br)n1cc(Cl)cn1. The fourth-order valence-corrected chi connectivity index (χ4v) is 3.08. The summed E-state index contributed by atoms with van der Waals surface area (Å²) in [4.78, 5) is 12.6. The molecule has 3 aromatic rings. The Morgan fingerprint density at radius 1 is 1.35 bits per heavy atom. The van der Waals surface area contributed by atoms with Crippen molar-refractivity contribution in [2.45, 2.75) is 25.9 Å². The minimum atomic E-state index is -0.489. The number of benzene rings is 1. The monoisotopic (exact) mass is 439 g/mol. The van der Waals surface area contributed by atoms with Gasteiger partial charge in [0.05, 0.1) is 22.2 Å². The van der Waals surface area contributed by atoms with E-state index in [0.29, 0.717) is 28.3 Å².